The van der Waals surface area contributed by atoms with Gasteiger partial charge in [0.05, 0.1) is 0 Å². The number of aromatic nitrogens is 3. The van der Waals surface area contributed by atoms with Gasteiger partial charge in [-0.1, -0.05) is 49.7 Å². The van der Waals surface area contributed by atoms with Crippen molar-refractivity contribution in [1.82, 2.24) is 14.8 Å². The number of Topliss-reactive ketones (excluding diaryl/α,β-unsaturated/α-hetero) is 1. The normalized spacial score (nSPS) is 18.9. The molecule has 0 fully saturated rings. The SMILES string of the molecule is CCN(CC)c1ccc(C2C3=C(CC(C)(C)CC3=O)Nc3nc(-c4cccc(C)c4)nn32)cc1. The number of hydrogen-bond acceptors (Lipinski definition) is 5. The highest BCUT2D eigenvalue weighted by Gasteiger charge is 2.41. The highest BCUT2D eigenvalue weighted by molar-refractivity contribution is 6.00. The summed E-state index contributed by atoms with van der Waals surface area (Å²) in [7, 11) is 0. The van der Waals surface area contributed by atoms with Gasteiger partial charge in [0.15, 0.2) is 11.6 Å². The second-order valence-electron chi connectivity index (χ2n) is 10.2. The number of carbonyl (C=O) groups is 1. The Kier molecular flexibility index (Phi) is 5.54. The summed E-state index contributed by atoms with van der Waals surface area (Å²) in [6.45, 7) is 12.6. The van der Waals surface area contributed by atoms with Crippen LogP contribution >= 0.6 is 0 Å². The van der Waals surface area contributed by atoms with Gasteiger partial charge in [-0.15, -0.1) is 5.10 Å². The van der Waals surface area contributed by atoms with Crippen LogP contribution in [0.4, 0.5) is 11.6 Å². The van der Waals surface area contributed by atoms with Crippen molar-refractivity contribution in [1.29, 1.82) is 0 Å². The Morgan fingerprint density at radius 3 is 2.50 bits per heavy atom. The zero-order valence-corrected chi connectivity index (χ0v) is 20.7. The van der Waals surface area contributed by atoms with Gasteiger partial charge >= 0.3 is 0 Å². The topological polar surface area (TPSA) is 63.1 Å². The Morgan fingerprint density at radius 2 is 1.82 bits per heavy atom. The molecule has 0 spiro atoms. The van der Waals surface area contributed by atoms with Crippen LogP contribution < -0.4 is 10.2 Å². The Balaban J connectivity index is 1.63. The van der Waals surface area contributed by atoms with Crippen molar-refractivity contribution in [2.45, 2.75) is 53.5 Å². The first-order chi connectivity index (χ1) is 16.3. The molecule has 0 radical (unpaired) electrons. The summed E-state index contributed by atoms with van der Waals surface area (Å²) in [5.74, 6) is 1.55. The van der Waals surface area contributed by atoms with Crippen molar-refractivity contribution in [3.8, 4) is 11.4 Å². The monoisotopic (exact) mass is 455 g/mol. The molecule has 34 heavy (non-hydrogen) atoms. The van der Waals surface area contributed by atoms with E-state index in [1.165, 1.54) is 5.69 Å². The van der Waals surface area contributed by atoms with Crippen molar-refractivity contribution in [2.24, 2.45) is 5.41 Å². The lowest BCUT2D eigenvalue weighted by molar-refractivity contribution is -0.118. The second-order valence-corrected chi connectivity index (χ2v) is 10.2. The summed E-state index contributed by atoms with van der Waals surface area (Å²) in [6.07, 6.45) is 1.35. The lowest BCUT2D eigenvalue weighted by Gasteiger charge is -2.38. The van der Waals surface area contributed by atoms with Crippen LogP contribution in [0.1, 0.15) is 57.7 Å². The molecule has 1 atom stereocenters. The van der Waals surface area contributed by atoms with Crippen molar-refractivity contribution < 1.29 is 4.79 Å². The summed E-state index contributed by atoms with van der Waals surface area (Å²) in [5, 5.41) is 8.40. The fraction of sp³-hybridized carbons (Fsp3) is 0.393. The van der Waals surface area contributed by atoms with Crippen LogP contribution in [-0.2, 0) is 4.79 Å². The first kappa shape index (κ1) is 22.4. The Labute approximate surface area is 201 Å². The van der Waals surface area contributed by atoms with E-state index in [2.05, 4.69) is 81.2 Å². The molecule has 0 amide bonds. The van der Waals surface area contributed by atoms with E-state index in [9.17, 15) is 4.79 Å². The van der Waals surface area contributed by atoms with Gasteiger partial charge in [-0.25, -0.2) is 4.68 Å². The number of carbonyl (C=O) groups excluding carboxylic acids is 1. The summed E-state index contributed by atoms with van der Waals surface area (Å²) in [6, 6.07) is 16.5. The maximum atomic E-state index is 13.5. The van der Waals surface area contributed by atoms with Gasteiger partial charge in [0.25, 0.3) is 0 Å². The van der Waals surface area contributed by atoms with Crippen LogP contribution in [0.15, 0.2) is 59.8 Å². The zero-order valence-electron chi connectivity index (χ0n) is 20.7. The molecule has 2 heterocycles. The largest absolute Gasteiger partial charge is 0.372 e. The molecule has 2 aliphatic rings. The molecule has 176 valence electrons. The molecule has 5 rings (SSSR count). The lowest BCUT2D eigenvalue weighted by atomic mass is 9.73. The van der Waals surface area contributed by atoms with E-state index in [0.29, 0.717) is 18.2 Å². The molecule has 0 saturated heterocycles. The molecule has 1 N–H and O–H groups in total. The predicted molar refractivity (Wildman–Crippen MR) is 137 cm³/mol. The van der Waals surface area contributed by atoms with Crippen LogP contribution in [0, 0.1) is 12.3 Å². The van der Waals surface area contributed by atoms with Crippen molar-refractivity contribution in [3.63, 3.8) is 0 Å². The highest BCUT2D eigenvalue weighted by Crippen LogP contribution is 2.45. The number of rotatable bonds is 5. The Morgan fingerprint density at radius 1 is 1.09 bits per heavy atom. The first-order valence-electron chi connectivity index (χ1n) is 12.2. The van der Waals surface area contributed by atoms with E-state index in [1.54, 1.807) is 0 Å². The molecule has 1 aromatic heterocycles. The molecule has 1 aliphatic heterocycles. The van der Waals surface area contributed by atoms with Crippen LogP contribution in [0.3, 0.4) is 0 Å². The minimum Gasteiger partial charge on any atom is -0.372 e. The maximum Gasteiger partial charge on any atom is 0.226 e. The molecule has 6 heteroatoms. The predicted octanol–water partition coefficient (Wildman–Crippen LogP) is 5.76. The van der Waals surface area contributed by atoms with E-state index in [4.69, 9.17) is 10.1 Å². The molecule has 0 bridgehead atoms. The number of nitrogens with one attached hydrogen (secondary N) is 1. The van der Waals surface area contributed by atoms with E-state index in [0.717, 1.165) is 47.5 Å². The molecule has 3 aromatic rings. The van der Waals surface area contributed by atoms with Crippen molar-refractivity contribution in [3.05, 3.63) is 70.9 Å². The van der Waals surface area contributed by atoms with E-state index >= 15 is 0 Å². The third-order valence-electron chi connectivity index (χ3n) is 6.95. The molecular weight excluding hydrogens is 422 g/mol. The van der Waals surface area contributed by atoms with Gasteiger partial charge in [-0.3, -0.25) is 4.79 Å². The molecule has 1 aliphatic carbocycles. The number of hydrogen-bond donors (Lipinski definition) is 1. The van der Waals surface area contributed by atoms with Gasteiger partial charge in [-0.2, -0.15) is 4.98 Å². The number of nitrogens with zero attached hydrogens (tertiary/aromatic N) is 4. The van der Waals surface area contributed by atoms with E-state index in [1.807, 2.05) is 16.8 Å². The molecular formula is C28H33N5O. The number of benzene rings is 2. The number of aryl methyl sites for hydroxylation is 1. The fourth-order valence-electron chi connectivity index (χ4n) is 5.28. The first-order valence-corrected chi connectivity index (χ1v) is 12.2. The molecule has 6 nitrogen and oxygen atoms in total. The second kappa shape index (κ2) is 8.42. The Bertz CT molecular complexity index is 1260. The van der Waals surface area contributed by atoms with E-state index in [-0.39, 0.29) is 17.2 Å². The van der Waals surface area contributed by atoms with Gasteiger partial charge in [0, 0.05) is 42.0 Å². The quantitative estimate of drug-likeness (QED) is 0.530. The summed E-state index contributed by atoms with van der Waals surface area (Å²) in [5.41, 5.74) is 6.10. The number of fused-ring (bicyclic) bond motifs is 1. The third kappa shape index (κ3) is 3.91. The van der Waals surface area contributed by atoms with Gasteiger partial charge in [0.2, 0.25) is 5.95 Å². The lowest BCUT2D eigenvalue weighted by Crippen LogP contribution is -2.36. The highest BCUT2D eigenvalue weighted by atomic mass is 16.1. The summed E-state index contributed by atoms with van der Waals surface area (Å²) < 4.78 is 1.90. The number of anilines is 2. The summed E-state index contributed by atoms with van der Waals surface area (Å²) >= 11 is 0. The average Bonchev–Trinajstić information content (AvgIpc) is 3.22. The van der Waals surface area contributed by atoms with Crippen molar-refractivity contribution >= 4 is 17.4 Å². The molecule has 2 aromatic carbocycles. The smallest absolute Gasteiger partial charge is 0.226 e. The number of allylic oxidation sites excluding steroid dienone is 2. The van der Waals surface area contributed by atoms with Gasteiger partial charge in [0.1, 0.15) is 6.04 Å². The zero-order chi connectivity index (χ0) is 24.0. The average molecular weight is 456 g/mol. The van der Waals surface area contributed by atoms with Gasteiger partial charge in [-0.05, 0) is 56.4 Å². The van der Waals surface area contributed by atoms with Crippen molar-refractivity contribution in [2.75, 3.05) is 23.3 Å². The van der Waals surface area contributed by atoms with Gasteiger partial charge < -0.3 is 10.2 Å². The summed E-state index contributed by atoms with van der Waals surface area (Å²) in [4.78, 5) is 20.6. The number of ketones is 1. The molecule has 1 unspecified atom stereocenters. The maximum absolute atomic E-state index is 13.5. The minimum absolute atomic E-state index is 0.0817. The third-order valence-corrected chi connectivity index (χ3v) is 6.95. The van der Waals surface area contributed by atoms with Crippen LogP contribution in [-0.4, -0.2) is 33.6 Å². The fourth-order valence-corrected chi connectivity index (χ4v) is 5.28. The minimum atomic E-state index is -0.285. The standard InChI is InChI=1S/C28H33N5O/c1-6-32(7-2)21-13-11-19(12-14-21)25-24-22(16-28(4,5)17-23(24)34)29-27-30-26(31-33(25)27)20-10-8-9-18(3)15-20/h8-15,25H,6-7,16-17H2,1-5H3,(H,29,30,31). The van der Waals surface area contributed by atoms with Crippen LogP contribution in [0.5, 0.6) is 0 Å². The van der Waals surface area contributed by atoms with Crippen LogP contribution in [0.25, 0.3) is 11.4 Å². The van der Waals surface area contributed by atoms with E-state index < -0.39 is 0 Å². The Hall–Kier alpha value is -3.41. The van der Waals surface area contributed by atoms with Crippen LogP contribution in [0.2, 0.25) is 0 Å². The molecule has 0 saturated carbocycles.